The molecule has 2 aromatic heterocycles. The molecule has 3 aliphatic carbocycles. The van der Waals surface area contributed by atoms with Crippen molar-refractivity contribution < 1.29 is 19.1 Å². The van der Waals surface area contributed by atoms with Gasteiger partial charge in [-0.1, -0.05) is 20.8 Å². The molecular weight excluding hydrogens is 514 g/mol. The average Bonchev–Trinajstić information content (AvgIpc) is 3.74. The first kappa shape index (κ1) is 34.4. The summed E-state index contributed by atoms with van der Waals surface area (Å²) >= 11 is 0. The average molecular weight is 562 g/mol. The molecule has 5 rings (SSSR count). The second-order valence-electron chi connectivity index (χ2n) is 11.9. The van der Waals surface area contributed by atoms with Gasteiger partial charge < -0.3 is 25.8 Å². The Labute approximate surface area is 237 Å². The number of hydrogen-bond acceptors (Lipinski definition) is 9. The molecule has 3 saturated carbocycles. The third-order valence-electron chi connectivity index (χ3n) is 5.88. The number of H-pyrrole nitrogens is 2. The van der Waals surface area contributed by atoms with Gasteiger partial charge in [0.05, 0.1) is 23.5 Å². The highest BCUT2D eigenvalue weighted by atomic mass is 16.6. The second kappa shape index (κ2) is 12.7. The lowest BCUT2D eigenvalue weighted by atomic mass is 10.2. The SMILES string of the molecule is C.C.C#CC1(NC(=O)OC(C)(C)C)CC1.CC(C)(C)OC(=O)NC1(c2cn[nH]n2)CC1.NC1(c2cn[nH]n2)CC1. The van der Waals surface area contributed by atoms with Crippen LogP contribution in [0.1, 0.15) is 106 Å². The molecule has 0 saturated heterocycles. The summed E-state index contributed by atoms with van der Waals surface area (Å²) < 4.78 is 10.3. The number of hydrogen-bond donors (Lipinski definition) is 5. The zero-order valence-corrected chi connectivity index (χ0v) is 23.0. The molecule has 13 nitrogen and oxygen atoms in total. The van der Waals surface area contributed by atoms with Gasteiger partial charge in [-0.2, -0.15) is 30.8 Å². The topological polar surface area (TPSA) is 186 Å². The lowest BCUT2D eigenvalue weighted by molar-refractivity contribution is 0.0487. The zero-order valence-electron chi connectivity index (χ0n) is 23.0. The van der Waals surface area contributed by atoms with Crippen LogP contribution in [0.5, 0.6) is 0 Å². The predicted octanol–water partition coefficient (Wildman–Crippen LogP) is 4.02. The molecule has 0 aromatic carbocycles. The van der Waals surface area contributed by atoms with Crippen LogP contribution >= 0.6 is 0 Å². The van der Waals surface area contributed by atoms with Gasteiger partial charge in [-0.25, -0.2) is 9.59 Å². The Morgan fingerprint density at radius 3 is 1.62 bits per heavy atom. The number of aromatic amines is 2. The highest BCUT2D eigenvalue weighted by Gasteiger charge is 2.49. The first-order chi connectivity index (χ1) is 17.6. The van der Waals surface area contributed by atoms with Crippen molar-refractivity contribution in [1.29, 1.82) is 0 Å². The minimum Gasteiger partial charge on any atom is -0.444 e. The number of nitrogens with zero attached hydrogens (tertiary/aromatic N) is 4. The van der Waals surface area contributed by atoms with Gasteiger partial charge in [0.2, 0.25) is 0 Å². The summed E-state index contributed by atoms with van der Waals surface area (Å²) in [6.45, 7) is 11.0. The highest BCUT2D eigenvalue weighted by Crippen LogP contribution is 2.44. The van der Waals surface area contributed by atoms with E-state index in [1.54, 1.807) is 12.4 Å². The monoisotopic (exact) mass is 561 g/mol. The Hall–Kier alpha value is -3.66. The standard InChI is InChI=1S/C10H16N4O2.C10H15NO2.C5H8N4.2CH4/c1-9(2,3)16-8(15)12-10(4-5-10)7-6-11-14-13-7;1-5-10(6-7-10)11-8(12)13-9(2,3)4;6-5(1-2-5)4-3-7-9-8-4;;/h6H,4-5H2,1-3H3,(H,12,15)(H,11,13,14);1H,6-7H2,2-4H3,(H,11,12);3H,1-2,6H2,(H,7,8,9);2*1H4. The van der Waals surface area contributed by atoms with Crippen molar-refractivity contribution in [3.63, 3.8) is 0 Å². The van der Waals surface area contributed by atoms with Crippen LogP contribution in [-0.4, -0.2) is 59.7 Å². The molecule has 0 unspecified atom stereocenters. The quantitative estimate of drug-likeness (QED) is 0.344. The van der Waals surface area contributed by atoms with Crippen LogP contribution in [0.2, 0.25) is 0 Å². The van der Waals surface area contributed by atoms with Crippen LogP contribution in [-0.2, 0) is 20.6 Å². The highest BCUT2D eigenvalue weighted by molar-refractivity contribution is 5.70. The lowest BCUT2D eigenvalue weighted by Crippen LogP contribution is -2.39. The number of alkyl carbamates (subject to hydrolysis) is 2. The number of rotatable bonds is 4. The zero-order chi connectivity index (χ0) is 28.2. The molecule has 2 aromatic rings. The number of aromatic nitrogens is 6. The van der Waals surface area contributed by atoms with Gasteiger partial charge in [-0.3, -0.25) is 0 Å². The van der Waals surface area contributed by atoms with Gasteiger partial charge in [-0.05, 0) is 80.1 Å². The third-order valence-corrected chi connectivity index (χ3v) is 5.88. The van der Waals surface area contributed by atoms with Crippen LogP contribution in [0.4, 0.5) is 9.59 Å². The van der Waals surface area contributed by atoms with Crippen molar-refractivity contribution in [1.82, 2.24) is 41.5 Å². The summed E-state index contributed by atoms with van der Waals surface area (Å²) in [5.41, 5.74) is 5.59. The Kier molecular flexibility index (Phi) is 10.9. The molecule has 6 N–H and O–H groups in total. The van der Waals surface area contributed by atoms with E-state index in [0.717, 1.165) is 49.9 Å². The Bertz CT molecular complexity index is 1110. The Morgan fingerprint density at radius 1 is 0.850 bits per heavy atom. The van der Waals surface area contributed by atoms with Crippen molar-refractivity contribution in [3.05, 3.63) is 23.8 Å². The van der Waals surface area contributed by atoms with Crippen LogP contribution in [0, 0.1) is 12.3 Å². The molecule has 0 aliphatic heterocycles. The maximum atomic E-state index is 11.6. The van der Waals surface area contributed by atoms with Gasteiger partial charge in [0.25, 0.3) is 0 Å². The molecule has 2 amide bonds. The third kappa shape index (κ3) is 10.5. The molecule has 13 heteroatoms. The van der Waals surface area contributed by atoms with E-state index in [4.69, 9.17) is 21.6 Å². The fourth-order valence-electron chi connectivity index (χ4n) is 3.26. The minimum atomic E-state index is -0.482. The summed E-state index contributed by atoms with van der Waals surface area (Å²) in [6, 6.07) is 0. The normalized spacial score (nSPS) is 18.1. The van der Waals surface area contributed by atoms with Crippen molar-refractivity contribution in [2.75, 3.05) is 0 Å². The summed E-state index contributed by atoms with van der Waals surface area (Å²) in [4.78, 5) is 22.9. The van der Waals surface area contributed by atoms with E-state index in [2.05, 4.69) is 47.4 Å². The van der Waals surface area contributed by atoms with Gasteiger partial charge in [-0.15, -0.1) is 6.42 Å². The van der Waals surface area contributed by atoms with Crippen molar-refractivity contribution in [2.24, 2.45) is 5.73 Å². The van der Waals surface area contributed by atoms with E-state index in [1.807, 2.05) is 41.5 Å². The molecule has 2 heterocycles. The summed E-state index contributed by atoms with van der Waals surface area (Å²) in [7, 11) is 0. The number of carbonyl (C=O) groups is 2. The first-order valence-electron chi connectivity index (χ1n) is 12.6. The van der Waals surface area contributed by atoms with E-state index in [9.17, 15) is 9.59 Å². The molecule has 0 bridgehead atoms. The maximum Gasteiger partial charge on any atom is 0.408 e. The molecular formula is C27H47N9O4. The number of nitrogens with one attached hydrogen (secondary N) is 4. The van der Waals surface area contributed by atoms with Gasteiger partial charge in [0, 0.05) is 0 Å². The second-order valence-corrected chi connectivity index (χ2v) is 11.9. The first-order valence-corrected chi connectivity index (χ1v) is 12.6. The predicted molar refractivity (Wildman–Crippen MR) is 152 cm³/mol. The van der Waals surface area contributed by atoms with Gasteiger partial charge >= 0.3 is 12.2 Å². The van der Waals surface area contributed by atoms with Crippen LogP contribution in [0.3, 0.4) is 0 Å². The van der Waals surface area contributed by atoms with Gasteiger partial charge in [0.15, 0.2) is 0 Å². The molecule has 0 atom stereocenters. The number of ether oxygens (including phenoxy) is 2. The van der Waals surface area contributed by atoms with Crippen LogP contribution in [0.15, 0.2) is 12.4 Å². The number of carbonyl (C=O) groups excluding carboxylic acids is 2. The summed E-state index contributed by atoms with van der Waals surface area (Å²) in [5.74, 6) is 2.56. The van der Waals surface area contributed by atoms with E-state index in [0.29, 0.717) is 0 Å². The van der Waals surface area contributed by atoms with E-state index in [-0.39, 0.29) is 25.9 Å². The van der Waals surface area contributed by atoms with E-state index in [1.165, 1.54) is 0 Å². The Balaban J connectivity index is 0.000000302. The summed E-state index contributed by atoms with van der Waals surface area (Å²) in [6.07, 6.45) is 13.3. The van der Waals surface area contributed by atoms with Crippen molar-refractivity contribution in [2.45, 2.75) is 123 Å². The molecule has 224 valence electrons. The smallest absolute Gasteiger partial charge is 0.408 e. The molecule has 3 fully saturated rings. The lowest BCUT2D eigenvalue weighted by Gasteiger charge is -2.22. The molecule has 0 spiro atoms. The van der Waals surface area contributed by atoms with E-state index >= 15 is 0 Å². The van der Waals surface area contributed by atoms with E-state index < -0.39 is 28.9 Å². The fraction of sp³-hybridized carbons (Fsp3) is 0.704. The van der Waals surface area contributed by atoms with Crippen LogP contribution in [0.25, 0.3) is 0 Å². The molecule has 3 aliphatic rings. The fourth-order valence-corrected chi connectivity index (χ4v) is 3.26. The maximum absolute atomic E-state index is 11.6. The van der Waals surface area contributed by atoms with Gasteiger partial charge in [0.1, 0.15) is 28.1 Å². The molecule has 40 heavy (non-hydrogen) atoms. The number of terminal acetylenes is 1. The van der Waals surface area contributed by atoms with Crippen LogP contribution < -0.4 is 16.4 Å². The Morgan fingerprint density at radius 2 is 1.30 bits per heavy atom. The summed E-state index contributed by atoms with van der Waals surface area (Å²) in [5, 5.41) is 25.9. The van der Waals surface area contributed by atoms with Crippen molar-refractivity contribution >= 4 is 12.2 Å². The minimum absolute atomic E-state index is 0. The molecule has 0 radical (unpaired) electrons. The largest absolute Gasteiger partial charge is 0.444 e. The van der Waals surface area contributed by atoms with Crippen molar-refractivity contribution in [3.8, 4) is 12.3 Å². The number of amides is 2. The number of nitrogens with two attached hydrogens (primary N) is 1.